The first-order valence-electron chi connectivity index (χ1n) is 8.29. The Hall–Kier alpha value is -1.26. The minimum atomic E-state index is -0.263. The van der Waals surface area contributed by atoms with E-state index in [1.54, 1.807) is 4.90 Å². The normalized spacial score (nSPS) is 15.5. The maximum Gasteiger partial charge on any atom is 0.317 e. The Bertz CT molecular complexity index is 315. The van der Waals surface area contributed by atoms with E-state index in [1.807, 2.05) is 0 Å². The van der Waals surface area contributed by atoms with Crippen LogP contribution < -0.4 is 5.32 Å². The Balaban J connectivity index is 2.43. The molecule has 2 amide bonds. The zero-order valence-corrected chi connectivity index (χ0v) is 13.5. The molecule has 0 radical (unpaired) electrons. The molecule has 21 heavy (non-hydrogen) atoms. The fraction of sp³-hybridized carbons (Fsp3) is 0.875. The lowest BCUT2D eigenvalue weighted by Crippen LogP contribution is -2.46. The molecule has 1 rings (SSSR count). The van der Waals surface area contributed by atoms with Gasteiger partial charge in [0.25, 0.3) is 0 Å². The molecule has 5 nitrogen and oxygen atoms in total. The van der Waals surface area contributed by atoms with Crippen LogP contribution in [0.2, 0.25) is 0 Å². The van der Waals surface area contributed by atoms with Gasteiger partial charge < -0.3 is 15.0 Å². The summed E-state index contributed by atoms with van der Waals surface area (Å²) in [7, 11) is 1.38. The molecule has 0 aliphatic heterocycles. The number of unbranched alkanes of at least 4 members (excludes halogenated alkanes) is 2. The molecule has 0 aromatic rings. The third kappa shape index (κ3) is 7.34. The zero-order valence-electron chi connectivity index (χ0n) is 13.5. The van der Waals surface area contributed by atoms with Crippen LogP contribution in [0.4, 0.5) is 4.79 Å². The zero-order chi connectivity index (χ0) is 15.5. The average Bonchev–Trinajstić information content (AvgIpc) is 2.51. The summed E-state index contributed by atoms with van der Waals surface area (Å²) < 4.78 is 4.66. The van der Waals surface area contributed by atoms with Crippen molar-refractivity contribution in [2.24, 2.45) is 0 Å². The first kappa shape index (κ1) is 17.8. The fourth-order valence-electron chi connectivity index (χ4n) is 2.71. The van der Waals surface area contributed by atoms with Crippen molar-refractivity contribution in [2.75, 3.05) is 20.2 Å². The Morgan fingerprint density at radius 3 is 2.48 bits per heavy atom. The molecule has 1 fully saturated rings. The summed E-state index contributed by atoms with van der Waals surface area (Å²) in [4.78, 5) is 25.4. The summed E-state index contributed by atoms with van der Waals surface area (Å²) in [6, 6.07) is 0.278. The van der Waals surface area contributed by atoms with Crippen LogP contribution in [0.3, 0.4) is 0 Å². The molecule has 0 bridgehead atoms. The Kier molecular flexibility index (Phi) is 8.87. The molecule has 5 heteroatoms. The van der Waals surface area contributed by atoms with E-state index < -0.39 is 0 Å². The van der Waals surface area contributed by atoms with E-state index in [4.69, 9.17) is 0 Å². The Morgan fingerprint density at radius 2 is 1.86 bits per heavy atom. The van der Waals surface area contributed by atoms with Crippen molar-refractivity contribution in [3.05, 3.63) is 0 Å². The number of rotatable bonds is 8. The minimum absolute atomic E-state index is 0.0260. The third-order valence-electron chi connectivity index (χ3n) is 4.07. The second kappa shape index (κ2) is 10.5. The van der Waals surface area contributed by atoms with E-state index >= 15 is 0 Å². The van der Waals surface area contributed by atoms with E-state index in [0.29, 0.717) is 19.1 Å². The summed E-state index contributed by atoms with van der Waals surface area (Å²) in [6.07, 6.45) is 9.29. The Morgan fingerprint density at radius 1 is 1.14 bits per heavy atom. The van der Waals surface area contributed by atoms with E-state index in [-0.39, 0.29) is 18.4 Å². The highest BCUT2D eigenvalue weighted by Crippen LogP contribution is 2.17. The number of nitrogens with zero attached hydrogens (tertiary/aromatic N) is 1. The van der Waals surface area contributed by atoms with Gasteiger partial charge in [0.2, 0.25) is 0 Å². The van der Waals surface area contributed by atoms with Crippen molar-refractivity contribution >= 4 is 12.0 Å². The number of carbonyl (C=O) groups is 2. The number of carbonyl (C=O) groups excluding carboxylic acids is 2. The molecule has 0 aromatic heterocycles. The number of hydrogen-bond acceptors (Lipinski definition) is 3. The largest absolute Gasteiger partial charge is 0.469 e. The lowest BCUT2D eigenvalue weighted by atomic mass is 9.96. The van der Waals surface area contributed by atoms with Gasteiger partial charge in [-0.1, -0.05) is 39.0 Å². The molecule has 0 unspecified atom stereocenters. The molecule has 1 N–H and O–H groups in total. The highest BCUT2D eigenvalue weighted by molar-refractivity contribution is 5.76. The molecule has 0 spiro atoms. The number of nitrogens with one attached hydrogen (secondary N) is 1. The van der Waals surface area contributed by atoms with Gasteiger partial charge in [0.15, 0.2) is 0 Å². The average molecular weight is 298 g/mol. The maximum atomic E-state index is 12.4. The summed E-state index contributed by atoms with van der Waals surface area (Å²) in [5.41, 5.74) is 0. The number of urea groups is 1. The monoisotopic (exact) mass is 298 g/mol. The highest BCUT2D eigenvalue weighted by Gasteiger charge is 2.20. The molecule has 122 valence electrons. The molecule has 0 saturated heterocycles. The van der Waals surface area contributed by atoms with Crippen LogP contribution >= 0.6 is 0 Å². The summed E-state index contributed by atoms with van der Waals surface area (Å²) in [5, 5.41) is 3.12. The number of ether oxygens (including phenoxy) is 1. The van der Waals surface area contributed by atoms with Crippen molar-refractivity contribution in [3.8, 4) is 0 Å². The van der Waals surface area contributed by atoms with Gasteiger partial charge in [-0.2, -0.15) is 0 Å². The summed E-state index contributed by atoms with van der Waals surface area (Å²) in [5.74, 6) is -0.263. The number of amides is 2. The molecule has 0 heterocycles. The smallest absolute Gasteiger partial charge is 0.317 e. The first-order valence-corrected chi connectivity index (χ1v) is 8.29. The topological polar surface area (TPSA) is 58.6 Å². The van der Waals surface area contributed by atoms with Crippen LogP contribution in [0.25, 0.3) is 0 Å². The lowest BCUT2D eigenvalue weighted by molar-refractivity contribution is -0.140. The van der Waals surface area contributed by atoms with Gasteiger partial charge >= 0.3 is 12.0 Å². The van der Waals surface area contributed by atoms with Gasteiger partial charge in [0.1, 0.15) is 0 Å². The predicted molar refractivity (Wildman–Crippen MR) is 83.1 cm³/mol. The third-order valence-corrected chi connectivity index (χ3v) is 4.07. The molecular formula is C16H30N2O3. The second-order valence-electron chi connectivity index (χ2n) is 5.80. The molecule has 1 aliphatic carbocycles. The quantitative estimate of drug-likeness (QED) is 0.553. The molecule has 1 saturated carbocycles. The van der Waals surface area contributed by atoms with Crippen molar-refractivity contribution in [1.29, 1.82) is 0 Å². The second-order valence-corrected chi connectivity index (χ2v) is 5.80. The van der Waals surface area contributed by atoms with Crippen molar-refractivity contribution < 1.29 is 14.3 Å². The van der Waals surface area contributed by atoms with Crippen LogP contribution in [-0.2, 0) is 9.53 Å². The van der Waals surface area contributed by atoms with Crippen LogP contribution in [0, 0.1) is 0 Å². The van der Waals surface area contributed by atoms with Crippen molar-refractivity contribution in [3.63, 3.8) is 0 Å². The molecule has 0 aromatic carbocycles. The standard InChI is InChI=1S/C16H30N2O3/c1-3-4-8-12-18(13-11-15(19)21-2)16(20)17-14-9-6-5-7-10-14/h14H,3-13H2,1-2H3,(H,17,20). The van der Waals surface area contributed by atoms with Gasteiger partial charge in [-0.05, 0) is 19.3 Å². The number of methoxy groups -OCH3 is 1. The summed E-state index contributed by atoms with van der Waals surface area (Å²) in [6.45, 7) is 3.29. The Labute approximate surface area is 128 Å². The fourth-order valence-corrected chi connectivity index (χ4v) is 2.71. The molecule has 1 aliphatic rings. The highest BCUT2D eigenvalue weighted by atomic mass is 16.5. The van der Waals surface area contributed by atoms with Crippen LogP contribution in [0.1, 0.15) is 64.7 Å². The first-order chi connectivity index (χ1) is 10.2. The van der Waals surface area contributed by atoms with E-state index in [0.717, 1.165) is 32.1 Å². The summed E-state index contributed by atoms with van der Waals surface area (Å²) >= 11 is 0. The van der Waals surface area contributed by atoms with Crippen LogP contribution in [0.15, 0.2) is 0 Å². The SMILES string of the molecule is CCCCCN(CCC(=O)OC)C(=O)NC1CCCCC1. The van der Waals surface area contributed by atoms with Crippen LogP contribution in [0.5, 0.6) is 0 Å². The van der Waals surface area contributed by atoms with Gasteiger partial charge in [-0.15, -0.1) is 0 Å². The maximum absolute atomic E-state index is 12.4. The van der Waals surface area contributed by atoms with Gasteiger partial charge in [0.05, 0.1) is 13.5 Å². The van der Waals surface area contributed by atoms with Gasteiger partial charge in [-0.25, -0.2) is 4.79 Å². The molecule has 0 atom stereocenters. The predicted octanol–water partition coefficient (Wildman–Crippen LogP) is 3.08. The van der Waals surface area contributed by atoms with Crippen LogP contribution in [-0.4, -0.2) is 43.1 Å². The number of esters is 1. The van der Waals surface area contributed by atoms with Crippen molar-refractivity contribution in [2.45, 2.75) is 70.8 Å². The van der Waals surface area contributed by atoms with Crippen molar-refractivity contribution in [1.82, 2.24) is 10.2 Å². The number of hydrogen-bond donors (Lipinski definition) is 1. The van der Waals surface area contributed by atoms with E-state index in [9.17, 15) is 9.59 Å². The van der Waals surface area contributed by atoms with E-state index in [2.05, 4.69) is 17.0 Å². The lowest BCUT2D eigenvalue weighted by Gasteiger charge is -2.28. The van der Waals surface area contributed by atoms with Gasteiger partial charge in [0, 0.05) is 19.1 Å². The minimum Gasteiger partial charge on any atom is -0.469 e. The van der Waals surface area contributed by atoms with E-state index in [1.165, 1.54) is 26.4 Å². The van der Waals surface area contributed by atoms with Gasteiger partial charge in [-0.3, -0.25) is 4.79 Å². The molecular weight excluding hydrogens is 268 g/mol.